The smallest absolute Gasteiger partial charge is 0.260 e. The molecule has 3 atom stereocenters. The van der Waals surface area contributed by atoms with Gasteiger partial charge < -0.3 is 9.88 Å². The van der Waals surface area contributed by atoms with Crippen molar-refractivity contribution in [2.24, 2.45) is 11.8 Å². The van der Waals surface area contributed by atoms with E-state index < -0.39 is 0 Å². The predicted molar refractivity (Wildman–Crippen MR) is 106 cm³/mol. The van der Waals surface area contributed by atoms with Gasteiger partial charge in [-0.3, -0.25) is 4.79 Å². The lowest BCUT2D eigenvalue weighted by atomic mass is 9.92. The van der Waals surface area contributed by atoms with Gasteiger partial charge in [-0.25, -0.2) is 4.98 Å². The molecule has 0 aliphatic carbocycles. The number of likely N-dealkylation sites (tertiary alicyclic amines) is 1. The van der Waals surface area contributed by atoms with Crippen LogP contribution < -0.4 is 10.5 Å². The van der Waals surface area contributed by atoms with Crippen LogP contribution in [0.1, 0.15) is 31.0 Å². The summed E-state index contributed by atoms with van der Waals surface area (Å²) in [5, 5.41) is 2.81. The van der Waals surface area contributed by atoms with Crippen molar-refractivity contribution in [1.29, 1.82) is 0 Å². The molecule has 25 heavy (non-hydrogen) atoms. The standard InChI is InChI=1S/C19H23N3OS2/c1-11-6-12(2)8-22(7-11)9-16-20-18(23)17-14(10-24-19(17)21-16)15-5-4-13(3)25-15/h4-5,10-12H,6-9H2,1-3H3,(H,20,21,23)/p+1/t11-,12+. The van der Waals surface area contributed by atoms with Gasteiger partial charge in [-0.1, -0.05) is 13.8 Å². The van der Waals surface area contributed by atoms with Crippen LogP contribution in [-0.2, 0) is 6.54 Å². The average Bonchev–Trinajstić information content (AvgIpc) is 3.12. The van der Waals surface area contributed by atoms with Crippen molar-refractivity contribution in [2.75, 3.05) is 13.1 Å². The minimum Gasteiger partial charge on any atom is -0.328 e. The molecular weight excluding hydrogens is 350 g/mol. The van der Waals surface area contributed by atoms with Crippen molar-refractivity contribution in [3.05, 3.63) is 38.6 Å². The number of hydrogen-bond acceptors (Lipinski definition) is 4. The average molecular weight is 375 g/mol. The monoisotopic (exact) mass is 374 g/mol. The van der Waals surface area contributed by atoms with Crippen LogP contribution in [0.25, 0.3) is 20.7 Å². The second-order valence-corrected chi connectivity index (χ2v) is 9.68. The van der Waals surface area contributed by atoms with Gasteiger partial charge in [0, 0.05) is 32.5 Å². The van der Waals surface area contributed by atoms with Crippen LogP contribution in [0.15, 0.2) is 22.3 Å². The van der Waals surface area contributed by atoms with Crippen molar-refractivity contribution in [3.63, 3.8) is 0 Å². The molecule has 4 nitrogen and oxygen atoms in total. The molecule has 1 aliphatic rings. The van der Waals surface area contributed by atoms with E-state index in [1.54, 1.807) is 22.7 Å². The van der Waals surface area contributed by atoms with Gasteiger partial charge in [-0.2, -0.15) is 0 Å². The Morgan fingerprint density at radius 2 is 2.04 bits per heavy atom. The van der Waals surface area contributed by atoms with Crippen LogP contribution in [0.5, 0.6) is 0 Å². The summed E-state index contributed by atoms with van der Waals surface area (Å²) in [6.07, 6.45) is 1.31. The number of rotatable bonds is 3. The molecule has 0 aromatic carbocycles. The maximum Gasteiger partial charge on any atom is 0.260 e. The Bertz CT molecular complexity index is 945. The number of hydrogen-bond donors (Lipinski definition) is 2. The normalized spacial score (nSPS) is 24.0. The SMILES string of the molecule is Cc1ccc(-c2csc3nc(C[NH+]4C[C@H](C)C[C@H](C)C4)[nH]c(=O)c23)s1. The number of thiophene rings is 2. The molecule has 2 N–H and O–H groups in total. The summed E-state index contributed by atoms with van der Waals surface area (Å²) in [4.78, 5) is 25.4. The molecule has 1 saturated heterocycles. The minimum absolute atomic E-state index is 0.000176. The summed E-state index contributed by atoms with van der Waals surface area (Å²) < 4.78 is 0. The Labute approximate surface area is 155 Å². The second kappa shape index (κ2) is 6.67. The van der Waals surface area contributed by atoms with E-state index in [0.29, 0.717) is 0 Å². The maximum absolute atomic E-state index is 12.7. The molecule has 3 aromatic heterocycles. The van der Waals surface area contributed by atoms with Gasteiger partial charge in [0.25, 0.3) is 5.56 Å². The molecule has 3 aromatic rings. The van der Waals surface area contributed by atoms with Crippen LogP contribution >= 0.6 is 22.7 Å². The Kier molecular flexibility index (Phi) is 4.52. The van der Waals surface area contributed by atoms with Crippen LogP contribution in [0.2, 0.25) is 0 Å². The second-order valence-electron chi connectivity index (χ2n) is 7.53. The van der Waals surface area contributed by atoms with E-state index >= 15 is 0 Å². The van der Waals surface area contributed by atoms with Crippen molar-refractivity contribution < 1.29 is 4.90 Å². The number of nitrogens with one attached hydrogen (secondary N) is 2. The van der Waals surface area contributed by atoms with E-state index in [2.05, 4.69) is 43.3 Å². The lowest BCUT2D eigenvalue weighted by molar-refractivity contribution is -0.926. The van der Waals surface area contributed by atoms with Gasteiger partial charge in [0.05, 0.1) is 18.5 Å². The Hall–Kier alpha value is -1.50. The van der Waals surface area contributed by atoms with Gasteiger partial charge in [0.15, 0.2) is 5.82 Å². The van der Waals surface area contributed by atoms with Crippen molar-refractivity contribution >= 4 is 32.9 Å². The van der Waals surface area contributed by atoms with E-state index in [1.807, 2.05) is 0 Å². The fourth-order valence-electron chi connectivity index (χ4n) is 4.14. The minimum atomic E-state index is -0.000176. The summed E-state index contributed by atoms with van der Waals surface area (Å²) >= 11 is 3.30. The number of H-pyrrole nitrogens is 1. The molecule has 1 fully saturated rings. The zero-order valence-electron chi connectivity index (χ0n) is 14.9. The number of quaternary nitrogens is 1. The highest BCUT2D eigenvalue weighted by Gasteiger charge is 2.26. The molecule has 1 aliphatic heterocycles. The Morgan fingerprint density at radius 1 is 1.28 bits per heavy atom. The third kappa shape index (κ3) is 3.43. The molecule has 0 radical (unpaired) electrons. The topological polar surface area (TPSA) is 50.2 Å². The maximum atomic E-state index is 12.7. The van der Waals surface area contributed by atoms with E-state index in [4.69, 9.17) is 4.98 Å². The highest BCUT2D eigenvalue weighted by Crippen LogP contribution is 2.34. The molecule has 4 rings (SSSR count). The van der Waals surface area contributed by atoms with Crippen LogP contribution in [0, 0.1) is 18.8 Å². The highest BCUT2D eigenvalue weighted by atomic mass is 32.1. The number of fused-ring (bicyclic) bond motifs is 1. The summed E-state index contributed by atoms with van der Waals surface area (Å²) in [5.41, 5.74) is 1.02. The summed E-state index contributed by atoms with van der Waals surface area (Å²) in [6, 6.07) is 4.19. The van der Waals surface area contributed by atoms with Crippen LogP contribution in [0.4, 0.5) is 0 Å². The van der Waals surface area contributed by atoms with E-state index in [-0.39, 0.29) is 5.56 Å². The van der Waals surface area contributed by atoms with Gasteiger partial charge in [0.2, 0.25) is 0 Å². The number of nitrogens with zero attached hydrogens (tertiary/aromatic N) is 1. The molecule has 0 amide bonds. The van der Waals surface area contributed by atoms with Gasteiger partial charge in [0.1, 0.15) is 11.4 Å². The first-order valence-electron chi connectivity index (χ1n) is 8.90. The Morgan fingerprint density at radius 3 is 2.72 bits per heavy atom. The highest BCUT2D eigenvalue weighted by molar-refractivity contribution is 7.19. The molecule has 4 heterocycles. The van der Waals surface area contributed by atoms with Crippen LogP contribution in [0.3, 0.4) is 0 Å². The lowest BCUT2D eigenvalue weighted by Crippen LogP contribution is -3.13. The first kappa shape index (κ1) is 16.9. The van der Waals surface area contributed by atoms with E-state index in [1.165, 1.54) is 16.2 Å². The zero-order valence-corrected chi connectivity index (χ0v) is 16.5. The van der Waals surface area contributed by atoms with E-state index in [9.17, 15) is 4.79 Å². The number of aromatic nitrogens is 2. The summed E-state index contributed by atoms with van der Waals surface area (Å²) in [6.45, 7) is 9.87. The summed E-state index contributed by atoms with van der Waals surface area (Å²) in [5.74, 6) is 2.30. The van der Waals surface area contributed by atoms with Crippen molar-refractivity contribution in [1.82, 2.24) is 9.97 Å². The first-order chi connectivity index (χ1) is 12.0. The molecule has 6 heteroatoms. The van der Waals surface area contributed by atoms with Gasteiger partial charge >= 0.3 is 0 Å². The largest absolute Gasteiger partial charge is 0.328 e. The fourth-order valence-corrected chi connectivity index (χ4v) is 6.06. The van der Waals surface area contributed by atoms with Gasteiger partial charge in [-0.15, -0.1) is 22.7 Å². The van der Waals surface area contributed by atoms with Crippen LogP contribution in [-0.4, -0.2) is 23.1 Å². The van der Waals surface area contributed by atoms with Crippen molar-refractivity contribution in [3.8, 4) is 10.4 Å². The molecule has 1 unspecified atom stereocenters. The molecular formula is C19H24N3OS2+. The third-order valence-electron chi connectivity index (χ3n) is 5.00. The molecule has 0 bridgehead atoms. The van der Waals surface area contributed by atoms with Gasteiger partial charge in [-0.05, 0) is 25.5 Å². The Balaban J connectivity index is 1.66. The fraction of sp³-hybridized carbons (Fsp3) is 0.474. The number of piperidine rings is 1. The predicted octanol–water partition coefficient (Wildman–Crippen LogP) is 3.08. The molecule has 0 saturated carbocycles. The first-order valence-corrected chi connectivity index (χ1v) is 10.6. The number of aromatic amines is 1. The van der Waals surface area contributed by atoms with E-state index in [0.717, 1.165) is 58.0 Å². The van der Waals surface area contributed by atoms with Crippen molar-refractivity contribution in [2.45, 2.75) is 33.7 Å². The zero-order chi connectivity index (χ0) is 17.6. The summed E-state index contributed by atoms with van der Waals surface area (Å²) in [7, 11) is 0. The lowest BCUT2D eigenvalue weighted by Gasteiger charge is -2.31. The quantitative estimate of drug-likeness (QED) is 0.740. The molecule has 132 valence electrons. The molecule has 0 spiro atoms. The third-order valence-corrected chi connectivity index (χ3v) is 6.90. The number of aryl methyl sites for hydroxylation is 1.